The van der Waals surface area contributed by atoms with Gasteiger partial charge in [-0.2, -0.15) is 0 Å². The average Bonchev–Trinajstić information content (AvgIpc) is 2.62. The Morgan fingerprint density at radius 2 is 1.67 bits per heavy atom. The SMILES string of the molecule is CCc1ccc(N(CCC(=O)N(CC)c2cccc(C)c2)S(C)(=O)=O)cc1. The highest BCUT2D eigenvalue weighted by molar-refractivity contribution is 7.92. The molecule has 0 heterocycles. The number of rotatable bonds is 8. The number of hydrogen-bond donors (Lipinski definition) is 0. The topological polar surface area (TPSA) is 57.7 Å². The number of hydrogen-bond acceptors (Lipinski definition) is 3. The Bertz CT molecular complexity index is 877. The second kappa shape index (κ2) is 9.04. The van der Waals surface area contributed by atoms with Gasteiger partial charge in [0, 0.05) is 25.2 Å². The normalized spacial score (nSPS) is 11.3. The van der Waals surface area contributed by atoms with Gasteiger partial charge in [-0.05, 0) is 55.7 Å². The van der Waals surface area contributed by atoms with Crippen LogP contribution in [-0.4, -0.2) is 33.7 Å². The molecule has 0 saturated carbocycles. The molecule has 2 aromatic rings. The van der Waals surface area contributed by atoms with Gasteiger partial charge in [0.25, 0.3) is 0 Å². The Morgan fingerprint density at radius 3 is 2.19 bits per heavy atom. The van der Waals surface area contributed by atoms with E-state index in [-0.39, 0.29) is 18.9 Å². The van der Waals surface area contributed by atoms with Crippen LogP contribution < -0.4 is 9.21 Å². The molecule has 2 aromatic carbocycles. The van der Waals surface area contributed by atoms with Crippen molar-refractivity contribution in [1.82, 2.24) is 0 Å². The zero-order chi connectivity index (χ0) is 20.0. The molecule has 0 unspecified atom stereocenters. The van der Waals surface area contributed by atoms with Crippen LogP contribution in [0.4, 0.5) is 11.4 Å². The largest absolute Gasteiger partial charge is 0.313 e. The zero-order valence-electron chi connectivity index (χ0n) is 16.5. The minimum atomic E-state index is -3.47. The highest BCUT2D eigenvalue weighted by atomic mass is 32.2. The number of carbonyl (C=O) groups is 1. The summed E-state index contributed by atoms with van der Waals surface area (Å²) in [6.45, 7) is 6.59. The van der Waals surface area contributed by atoms with Gasteiger partial charge in [0.2, 0.25) is 15.9 Å². The van der Waals surface area contributed by atoms with Crippen molar-refractivity contribution in [3.05, 3.63) is 59.7 Å². The molecular weight excluding hydrogens is 360 g/mol. The average molecular weight is 389 g/mol. The highest BCUT2D eigenvalue weighted by Crippen LogP contribution is 2.21. The Kier molecular flexibility index (Phi) is 7.02. The predicted octanol–water partition coefficient (Wildman–Crippen LogP) is 3.77. The van der Waals surface area contributed by atoms with E-state index < -0.39 is 10.0 Å². The van der Waals surface area contributed by atoms with Crippen LogP contribution in [0.2, 0.25) is 0 Å². The Labute approximate surface area is 162 Å². The molecule has 0 aliphatic heterocycles. The monoisotopic (exact) mass is 388 g/mol. The van der Waals surface area contributed by atoms with Gasteiger partial charge >= 0.3 is 0 Å². The van der Waals surface area contributed by atoms with E-state index in [0.717, 1.165) is 23.2 Å². The van der Waals surface area contributed by atoms with E-state index in [1.807, 2.05) is 57.2 Å². The van der Waals surface area contributed by atoms with Crippen molar-refractivity contribution >= 4 is 27.3 Å². The number of amides is 1. The van der Waals surface area contributed by atoms with Crippen molar-refractivity contribution in [2.24, 2.45) is 0 Å². The lowest BCUT2D eigenvalue weighted by Crippen LogP contribution is -2.37. The summed E-state index contributed by atoms with van der Waals surface area (Å²) in [5.74, 6) is -0.0954. The summed E-state index contributed by atoms with van der Waals surface area (Å²) >= 11 is 0. The Morgan fingerprint density at radius 1 is 1.00 bits per heavy atom. The minimum absolute atomic E-state index is 0.0954. The highest BCUT2D eigenvalue weighted by Gasteiger charge is 2.21. The molecule has 27 heavy (non-hydrogen) atoms. The molecule has 0 aliphatic rings. The summed E-state index contributed by atoms with van der Waals surface area (Å²) in [7, 11) is -3.47. The van der Waals surface area contributed by atoms with Gasteiger partial charge in [0.1, 0.15) is 0 Å². The fourth-order valence-electron chi connectivity index (χ4n) is 3.02. The Hall–Kier alpha value is -2.34. The molecule has 0 radical (unpaired) electrons. The first kappa shape index (κ1) is 21.0. The third-order valence-corrected chi connectivity index (χ3v) is 5.69. The van der Waals surface area contributed by atoms with Crippen molar-refractivity contribution in [2.75, 3.05) is 28.6 Å². The van der Waals surface area contributed by atoms with Crippen LogP contribution in [0.5, 0.6) is 0 Å². The quantitative estimate of drug-likeness (QED) is 0.692. The fourth-order valence-corrected chi connectivity index (χ4v) is 3.94. The molecule has 0 bridgehead atoms. The second-order valence-electron chi connectivity index (χ2n) is 6.58. The number of benzene rings is 2. The summed E-state index contributed by atoms with van der Waals surface area (Å²) < 4.78 is 25.8. The molecule has 0 fully saturated rings. The van der Waals surface area contributed by atoms with Crippen molar-refractivity contribution in [3.63, 3.8) is 0 Å². The molecule has 0 saturated heterocycles. The number of aryl methyl sites for hydroxylation is 2. The van der Waals surface area contributed by atoms with Crippen LogP contribution >= 0.6 is 0 Å². The molecule has 2 rings (SSSR count). The van der Waals surface area contributed by atoms with Crippen LogP contribution in [0.15, 0.2) is 48.5 Å². The van der Waals surface area contributed by atoms with E-state index >= 15 is 0 Å². The molecule has 0 atom stereocenters. The maximum absolute atomic E-state index is 12.8. The van der Waals surface area contributed by atoms with Crippen LogP contribution in [0.3, 0.4) is 0 Å². The van der Waals surface area contributed by atoms with E-state index in [2.05, 4.69) is 0 Å². The molecule has 0 N–H and O–H groups in total. The Balaban J connectivity index is 2.17. The molecule has 0 aromatic heterocycles. The van der Waals surface area contributed by atoms with Crippen molar-refractivity contribution in [2.45, 2.75) is 33.6 Å². The van der Waals surface area contributed by atoms with E-state index in [1.54, 1.807) is 17.0 Å². The lowest BCUT2D eigenvalue weighted by atomic mass is 10.1. The lowest BCUT2D eigenvalue weighted by Gasteiger charge is -2.25. The third kappa shape index (κ3) is 5.57. The van der Waals surface area contributed by atoms with Gasteiger partial charge in [-0.15, -0.1) is 0 Å². The summed E-state index contributed by atoms with van der Waals surface area (Å²) in [6, 6.07) is 15.2. The van der Waals surface area contributed by atoms with Gasteiger partial charge < -0.3 is 4.90 Å². The molecular formula is C21H28N2O3S. The standard InChI is InChI=1S/C21H28N2O3S/c1-5-18-10-12-19(13-11-18)23(27(4,25)26)15-14-21(24)22(6-2)20-9-7-8-17(3)16-20/h7-13,16H,5-6,14-15H2,1-4H3. The van der Waals surface area contributed by atoms with Crippen LogP contribution in [0, 0.1) is 6.92 Å². The fraction of sp³-hybridized carbons (Fsp3) is 0.381. The van der Waals surface area contributed by atoms with E-state index in [1.165, 1.54) is 10.6 Å². The zero-order valence-corrected chi connectivity index (χ0v) is 17.3. The number of sulfonamides is 1. The van der Waals surface area contributed by atoms with Gasteiger partial charge in [0.15, 0.2) is 0 Å². The maximum Gasteiger partial charge on any atom is 0.232 e. The van der Waals surface area contributed by atoms with Crippen molar-refractivity contribution in [3.8, 4) is 0 Å². The smallest absolute Gasteiger partial charge is 0.232 e. The van der Waals surface area contributed by atoms with E-state index in [4.69, 9.17) is 0 Å². The summed E-state index contributed by atoms with van der Waals surface area (Å²) in [4.78, 5) is 14.4. The molecule has 6 heteroatoms. The molecule has 0 aliphatic carbocycles. The second-order valence-corrected chi connectivity index (χ2v) is 8.49. The van der Waals surface area contributed by atoms with Gasteiger partial charge in [-0.1, -0.05) is 31.2 Å². The molecule has 146 valence electrons. The number of nitrogens with zero attached hydrogens (tertiary/aromatic N) is 2. The first-order chi connectivity index (χ1) is 12.8. The summed E-state index contributed by atoms with van der Waals surface area (Å²) in [5.41, 5.74) is 3.63. The molecule has 1 amide bonds. The first-order valence-electron chi connectivity index (χ1n) is 9.20. The molecule has 5 nitrogen and oxygen atoms in total. The van der Waals surface area contributed by atoms with Crippen LogP contribution in [0.1, 0.15) is 31.4 Å². The summed E-state index contributed by atoms with van der Waals surface area (Å²) in [6.07, 6.45) is 2.17. The van der Waals surface area contributed by atoms with Crippen LogP contribution in [0.25, 0.3) is 0 Å². The van der Waals surface area contributed by atoms with E-state index in [0.29, 0.717) is 12.2 Å². The van der Waals surface area contributed by atoms with Gasteiger partial charge in [-0.25, -0.2) is 8.42 Å². The van der Waals surface area contributed by atoms with Crippen LogP contribution in [-0.2, 0) is 21.2 Å². The van der Waals surface area contributed by atoms with Gasteiger partial charge in [0.05, 0.1) is 11.9 Å². The van der Waals surface area contributed by atoms with E-state index in [9.17, 15) is 13.2 Å². The predicted molar refractivity (Wildman–Crippen MR) is 112 cm³/mol. The third-order valence-electron chi connectivity index (χ3n) is 4.49. The van der Waals surface area contributed by atoms with Crippen molar-refractivity contribution < 1.29 is 13.2 Å². The summed E-state index contributed by atoms with van der Waals surface area (Å²) in [5, 5.41) is 0. The minimum Gasteiger partial charge on any atom is -0.313 e. The first-order valence-corrected chi connectivity index (χ1v) is 11.0. The number of carbonyl (C=O) groups excluding carboxylic acids is 1. The van der Waals surface area contributed by atoms with Crippen molar-refractivity contribution in [1.29, 1.82) is 0 Å². The number of anilines is 2. The van der Waals surface area contributed by atoms with Gasteiger partial charge in [-0.3, -0.25) is 9.10 Å². The molecule has 0 spiro atoms. The maximum atomic E-state index is 12.8. The lowest BCUT2D eigenvalue weighted by molar-refractivity contribution is -0.118.